The van der Waals surface area contributed by atoms with Gasteiger partial charge in [-0.3, -0.25) is 0 Å². The Kier molecular flexibility index (Phi) is 6.14. The van der Waals surface area contributed by atoms with Crippen LogP contribution >= 0.6 is 0 Å². The number of hydrogen-bond donors (Lipinski definition) is 0. The molecule has 4 rings (SSSR count). The first-order valence-electron chi connectivity index (χ1n) is 10.3. The van der Waals surface area contributed by atoms with Gasteiger partial charge in [-0.15, -0.1) is 0 Å². The van der Waals surface area contributed by atoms with Crippen molar-refractivity contribution in [3.63, 3.8) is 0 Å². The molecule has 0 amide bonds. The van der Waals surface area contributed by atoms with Gasteiger partial charge >= 0.3 is 0 Å². The van der Waals surface area contributed by atoms with Crippen molar-refractivity contribution < 1.29 is 9.47 Å². The van der Waals surface area contributed by atoms with E-state index in [9.17, 15) is 0 Å². The van der Waals surface area contributed by atoms with Crippen molar-refractivity contribution in [1.29, 1.82) is 0 Å². The molecule has 0 saturated carbocycles. The second-order valence-corrected chi connectivity index (χ2v) is 7.06. The predicted octanol–water partition coefficient (Wildman–Crippen LogP) is 5.86. The van der Waals surface area contributed by atoms with Crippen molar-refractivity contribution in [2.75, 3.05) is 13.7 Å². The standard InChI is InChI=1S/C26H26N2O2/c1-3-20-8-15-23(16-9-20)30-19-18-28-25-7-5-4-6-24(25)27-26(28)17-12-21-10-13-22(29-2)14-11-21/h4-17H,3,18-19H2,1-2H3/b17-12+. The lowest BCUT2D eigenvalue weighted by molar-refractivity contribution is 0.299. The molecule has 1 heterocycles. The largest absolute Gasteiger partial charge is 0.497 e. The molecule has 1 aromatic heterocycles. The summed E-state index contributed by atoms with van der Waals surface area (Å²) in [7, 11) is 1.67. The second kappa shape index (κ2) is 9.31. The maximum Gasteiger partial charge on any atom is 0.133 e. The molecule has 0 atom stereocenters. The fourth-order valence-corrected chi connectivity index (χ4v) is 3.42. The number of ether oxygens (including phenoxy) is 2. The Morgan fingerprint density at radius 1 is 0.867 bits per heavy atom. The van der Waals surface area contributed by atoms with Gasteiger partial charge in [0.15, 0.2) is 0 Å². The monoisotopic (exact) mass is 398 g/mol. The normalized spacial score (nSPS) is 11.3. The molecule has 0 aliphatic heterocycles. The Hall–Kier alpha value is -3.53. The van der Waals surface area contributed by atoms with E-state index in [1.807, 2.05) is 54.6 Å². The van der Waals surface area contributed by atoms with Crippen LogP contribution in [0, 0.1) is 0 Å². The lowest BCUT2D eigenvalue weighted by Crippen LogP contribution is -2.09. The van der Waals surface area contributed by atoms with E-state index in [2.05, 4.69) is 41.8 Å². The van der Waals surface area contributed by atoms with Crippen molar-refractivity contribution in [1.82, 2.24) is 9.55 Å². The van der Waals surface area contributed by atoms with Gasteiger partial charge in [0.05, 0.1) is 24.7 Å². The molecule has 0 spiro atoms. The van der Waals surface area contributed by atoms with Crippen LogP contribution in [-0.2, 0) is 13.0 Å². The smallest absolute Gasteiger partial charge is 0.133 e. The summed E-state index contributed by atoms with van der Waals surface area (Å²) in [4.78, 5) is 4.81. The summed E-state index contributed by atoms with van der Waals surface area (Å²) < 4.78 is 13.4. The van der Waals surface area contributed by atoms with E-state index in [1.165, 1.54) is 5.56 Å². The van der Waals surface area contributed by atoms with Crippen LogP contribution in [0.5, 0.6) is 11.5 Å². The quantitative estimate of drug-likeness (QED) is 0.373. The van der Waals surface area contributed by atoms with Gasteiger partial charge in [-0.05, 0) is 60.0 Å². The first-order valence-corrected chi connectivity index (χ1v) is 10.3. The third-order valence-electron chi connectivity index (χ3n) is 5.14. The summed E-state index contributed by atoms with van der Waals surface area (Å²) in [6.07, 6.45) is 5.16. The highest BCUT2D eigenvalue weighted by Gasteiger charge is 2.08. The van der Waals surface area contributed by atoms with Gasteiger partial charge in [-0.1, -0.05) is 49.4 Å². The van der Waals surface area contributed by atoms with E-state index in [1.54, 1.807) is 7.11 Å². The Balaban J connectivity index is 1.52. The molecule has 0 saturated heterocycles. The molecule has 3 aromatic carbocycles. The first kappa shape index (κ1) is 19.8. The number of benzene rings is 3. The summed E-state index contributed by atoms with van der Waals surface area (Å²) in [5, 5.41) is 0. The molecular formula is C26H26N2O2. The lowest BCUT2D eigenvalue weighted by atomic mass is 10.2. The van der Waals surface area contributed by atoms with Crippen molar-refractivity contribution in [3.8, 4) is 11.5 Å². The summed E-state index contributed by atoms with van der Waals surface area (Å²) in [6.45, 7) is 3.45. The van der Waals surface area contributed by atoms with Gasteiger partial charge < -0.3 is 14.0 Å². The fourth-order valence-electron chi connectivity index (χ4n) is 3.42. The zero-order valence-corrected chi connectivity index (χ0v) is 17.4. The van der Waals surface area contributed by atoms with E-state index < -0.39 is 0 Å². The van der Waals surface area contributed by atoms with E-state index >= 15 is 0 Å². The number of aryl methyl sites for hydroxylation is 1. The van der Waals surface area contributed by atoms with Gasteiger partial charge in [0.25, 0.3) is 0 Å². The summed E-state index contributed by atoms with van der Waals surface area (Å²) in [6, 6.07) is 24.5. The van der Waals surface area contributed by atoms with Crippen LogP contribution in [0.15, 0.2) is 72.8 Å². The van der Waals surface area contributed by atoms with Crippen LogP contribution in [0.1, 0.15) is 23.9 Å². The number of methoxy groups -OCH3 is 1. The van der Waals surface area contributed by atoms with E-state index in [0.29, 0.717) is 6.61 Å². The number of imidazole rings is 1. The SMILES string of the molecule is CCc1ccc(OCCn2c(/C=C/c3ccc(OC)cc3)nc3ccccc32)cc1. The maximum atomic E-state index is 5.98. The highest BCUT2D eigenvalue weighted by molar-refractivity contribution is 5.79. The minimum Gasteiger partial charge on any atom is -0.497 e. The zero-order valence-electron chi connectivity index (χ0n) is 17.4. The number of para-hydroxylation sites is 2. The Bertz CT molecular complexity index is 1130. The molecule has 30 heavy (non-hydrogen) atoms. The van der Waals surface area contributed by atoms with Crippen LogP contribution < -0.4 is 9.47 Å². The number of aromatic nitrogens is 2. The molecule has 0 N–H and O–H groups in total. The Morgan fingerprint density at radius 3 is 2.33 bits per heavy atom. The second-order valence-electron chi connectivity index (χ2n) is 7.06. The maximum absolute atomic E-state index is 5.98. The molecule has 152 valence electrons. The average molecular weight is 399 g/mol. The predicted molar refractivity (Wildman–Crippen MR) is 123 cm³/mol. The van der Waals surface area contributed by atoms with Crippen LogP contribution in [-0.4, -0.2) is 23.3 Å². The molecular weight excluding hydrogens is 372 g/mol. The van der Waals surface area contributed by atoms with Gasteiger partial charge in [-0.2, -0.15) is 0 Å². The van der Waals surface area contributed by atoms with Crippen LogP contribution in [0.2, 0.25) is 0 Å². The third-order valence-corrected chi connectivity index (χ3v) is 5.14. The zero-order chi connectivity index (χ0) is 20.8. The van der Waals surface area contributed by atoms with Gasteiger partial charge in [0.1, 0.15) is 23.9 Å². The van der Waals surface area contributed by atoms with E-state index in [0.717, 1.165) is 46.9 Å². The molecule has 4 heteroatoms. The van der Waals surface area contributed by atoms with Crippen LogP contribution in [0.3, 0.4) is 0 Å². The minimum absolute atomic E-state index is 0.579. The molecule has 0 aliphatic carbocycles. The molecule has 4 nitrogen and oxygen atoms in total. The van der Waals surface area contributed by atoms with Gasteiger partial charge in [0, 0.05) is 0 Å². The Labute approximate surface area is 177 Å². The van der Waals surface area contributed by atoms with Gasteiger partial charge in [-0.25, -0.2) is 4.98 Å². The third kappa shape index (κ3) is 4.54. The molecule has 0 radical (unpaired) electrons. The first-order chi connectivity index (χ1) is 14.8. The van der Waals surface area contributed by atoms with E-state index in [-0.39, 0.29) is 0 Å². The number of hydrogen-bond acceptors (Lipinski definition) is 3. The average Bonchev–Trinajstić information content (AvgIpc) is 3.16. The number of fused-ring (bicyclic) bond motifs is 1. The summed E-state index contributed by atoms with van der Waals surface area (Å²) >= 11 is 0. The van der Waals surface area contributed by atoms with Crippen LogP contribution in [0.4, 0.5) is 0 Å². The fraction of sp³-hybridized carbons (Fsp3) is 0.192. The van der Waals surface area contributed by atoms with Crippen molar-refractivity contribution in [3.05, 3.63) is 89.7 Å². The molecule has 0 unspecified atom stereocenters. The van der Waals surface area contributed by atoms with Crippen molar-refractivity contribution in [2.24, 2.45) is 0 Å². The van der Waals surface area contributed by atoms with Crippen molar-refractivity contribution >= 4 is 23.2 Å². The summed E-state index contributed by atoms with van der Waals surface area (Å²) in [5.74, 6) is 2.66. The Morgan fingerprint density at radius 2 is 1.60 bits per heavy atom. The molecule has 0 aliphatic rings. The number of rotatable bonds is 8. The lowest BCUT2D eigenvalue weighted by Gasteiger charge is -2.10. The topological polar surface area (TPSA) is 36.3 Å². The molecule has 0 bridgehead atoms. The van der Waals surface area contributed by atoms with Gasteiger partial charge in [0.2, 0.25) is 0 Å². The molecule has 0 fully saturated rings. The number of nitrogens with zero attached hydrogens (tertiary/aromatic N) is 2. The van der Waals surface area contributed by atoms with Crippen LogP contribution in [0.25, 0.3) is 23.2 Å². The minimum atomic E-state index is 0.579. The molecule has 4 aromatic rings. The highest BCUT2D eigenvalue weighted by atomic mass is 16.5. The van der Waals surface area contributed by atoms with E-state index in [4.69, 9.17) is 14.5 Å². The highest BCUT2D eigenvalue weighted by Crippen LogP contribution is 2.20. The van der Waals surface area contributed by atoms with Crippen molar-refractivity contribution in [2.45, 2.75) is 19.9 Å². The summed E-state index contributed by atoms with van der Waals surface area (Å²) in [5.41, 5.74) is 4.51.